The summed E-state index contributed by atoms with van der Waals surface area (Å²) < 4.78 is 0. The lowest BCUT2D eigenvalue weighted by Gasteiger charge is -2.44. The monoisotopic (exact) mass is 249 g/mol. The predicted molar refractivity (Wildman–Crippen MR) is 74.2 cm³/mol. The summed E-state index contributed by atoms with van der Waals surface area (Å²) in [7, 11) is 0. The molecular weight excluding hydrogens is 222 g/mol. The third-order valence-corrected chi connectivity index (χ3v) is 4.59. The number of nitriles is 1. The number of nitrogens with zero attached hydrogens (tertiary/aromatic N) is 2. The Kier molecular flexibility index (Phi) is 3.99. The standard InChI is InChI=1S/C15H27N3/c1-11-7-12(2)13(3)18(8-11)10-15(4,9-16)17-14-5-6-14/h11-14,17H,5-8,10H2,1-4H3. The fourth-order valence-electron chi connectivity index (χ4n) is 3.24. The second kappa shape index (κ2) is 5.19. The lowest BCUT2D eigenvalue weighted by atomic mass is 9.85. The van der Waals surface area contributed by atoms with E-state index in [0.717, 1.165) is 24.9 Å². The maximum absolute atomic E-state index is 9.47. The first-order valence-corrected chi connectivity index (χ1v) is 7.36. The van der Waals surface area contributed by atoms with Crippen molar-refractivity contribution in [3.8, 4) is 6.07 Å². The highest BCUT2D eigenvalue weighted by Gasteiger charge is 2.37. The van der Waals surface area contributed by atoms with Gasteiger partial charge in [-0.3, -0.25) is 10.2 Å². The minimum atomic E-state index is -0.383. The maximum atomic E-state index is 9.47. The molecule has 0 radical (unpaired) electrons. The van der Waals surface area contributed by atoms with Crippen LogP contribution >= 0.6 is 0 Å². The highest BCUT2D eigenvalue weighted by atomic mass is 15.2. The Labute approximate surface area is 112 Å². The molecule has 0 aromatic heterocycles. The molecule has 4 atom stereocenters. The minimum absolute atomic E-state index is 0.383. The first-order chi connectivity index (χ1) is 8.43. The molecule has 1 saturated carbocycles. The molecule has 1 N–H and O–H groups in total. The summed E-state index contributed by atoms with van der Waals surface area (Å²) in [5.74, 6) is 1.48. The number of rotatable bonds is 4. The van der Waals surface area contributed by atoms with Gasteiger partial charge in [0.2, 0.25) is 0 Å². The Morgan fingerprint density at radius 1 is 1.33 bits per heavy atom. The number of nitrogens with one attached hydrogen (secondary N) is 1. The van der Waals surface area contributed by atoms with Gasteiger partial charge in [-0.15, -0.1) is 0 Å². The Morgan fingerprint density at radius 2 is 2.00 bits per heavy atom. The first kappa shape index (κ1) is 13.8. The van der Waals surface area contributed by atoms with Gasteiger partial charge in [0, 0.05) is 25.2 Å². The molecular formula is C15H27N3. The highest BCUT2D eigenvalue weighted by Crippen LogP contribution is 2.29. The van der Waals surface area contributed by atoms with Crippen LogP contribution in [0, 0.1) is 23.2 Å². The van der Waals surface area contributed by atoms with Crippen LogP contribution in [0.4, 0.5) is 0 Å². The van der Waals surface area contributed by atoms with E-state index in [1.165, 1.54) is 19.3 Å². The Morgan fingerprint density at radius 3 is 2.56 bits per heavy atom. The van der Waals surface area contributed by atoms with Crippen LogP contribution in [0.5, 0.6) is 0 Å². The third-order valence-electron chi connectivity index (χ3n) is 4.59. The van der Waals surface area contributed by atoms with Crippen molar-refractivity contribution in [3.63, 3.8) is 0 Å². The Balaban J connectivity index is 1.99. The van der Waals surface area contributed by atoms with Crippen molar-refractivity contribution < 1.29 is 0 Å². The number of hydrogen-bond donors (Lipinski definition) is 1. The fraction of sp³-hybridized carbons (Fsp3) is 0.933. The quantitative estimate of drug-likeness (QED) is 0.831. The van der Waals surface area contributed by atoms with Crippen LogP contribution in [-0.2, 0) is 0 Å². The molecule has 2 fully saturated rings. The SMILES string of the molecule is CC1CC(C)C(C)N(CC(C)(C#N)NC2CC2)C1. The van der Waals surface area contributed by atoms with Crippen molar-refractivity contribution in [1.82, 2.24) is 10.2 Å². The smallest absolute Gasteiger partial charge is 0.116 e. The largest absolute Gasteiger partial charge is 0.297 e. The van der Waals surface area contributed by atoms with E-state index in [9.17, 15) is 5.26 Å². The van der Waals surface area contributed by atoms with Crippen molar-refractivity contribution in [2.75, 3.05) is 13.1 Å². The molecule has 18 heavy (non-hydrogen) atoms. The van der Waals surface area contributed by atoms with Crippen LogP contribution in [0.3, 0.4) is 0 Å². The minimum Gasteiger partial charge on any atom is -0.297 e. The summed E-state index contributed by atoms with van der Waals surface area (Å²) in [5, 5.41) is 13.0. The average molecular weight is 249 g/mol. The summed E-state index contributed by atoms with van der Waals surface area (Å²) >= 11 is 0. The van der Waals surface area contributed by atoms with E-state index in [0.29, 0.717) is 12.1 Å². The second-order valence-corrected chi connectivity index (χ2v) is 6.85. The molecule has 0 aromatic rings. The topological polar surface area (TPSA) is 39.1 Å². The van der Waals surface area contributed by atoms with E-state index in [-0.39, 0.29) is 5.54 Å². The summed E-state index contributed by atoms with van der Waals surface area (Å²) in [5.41, 5.74) is -0.383. The molecule has 1 aliphatic carbocycles. The van der Waals surface area contributed by atoms with Crippen LogP contribution in [0.25, 0.3) is 0 Å². The van der Waals surface area contributed by atoms with Crippen molar-refractivity contribution in [2.45, 2.75) is 64.6 Å². The number of piperidine rings is 1. The summed E-state index contributed by atoms with van der Waals surface area (Å²) in [4.78, 5) is 2.51. The average Bonchev–Trinajstić information content (AvgIpc) is 3.09. The Hall–Kier alpha value is -0.590. The molecule has 1 heterocycles. The van der Waals surface area contributed by atoms with Gasteiger partial charge >= 0.3 is 0 Å². The zero-order valence-electron chi connectivity index (χ0n) is 12.2. The van der Waals surface area contributed by atoms with Gasteiger partial charge in [0.15, 0.2) is 0 Å². The molecule has 0 aromatic carbocycles. The number of hydrogen-bond acceptors (Lipinski definition) is 3. The van der Waals surface area contributed by atoms with Crippen molar-refractivity contribution in [2.24, 2.45) is 11.8 Å². The molecule has 0 spiro atoms. The van der Waals surface area contributed by atoms with Crippen molar-refractivity contribution in [1.29, 1.82) is 5.26 Å². The van der Waals surface area contributed by atoms with E-state index >= 15 is 0 Å². The predicted octanol–water partition coefficient (Wildman–Crippen LogP) is 2.39. The Bertz CT molecular complexity index is 331. The van der Waals surface area contributed by atoms with Crippen molar-refractivity contribution in [3.05, 3.63) is 0 Å². The summed E-state index contributed by atoms with van der Waals surface area (Å²) in [6, 6.07) is 3.67. The van der Waals surface area contributed by atoms with E-state index in [1.807, 2.05) is 0 Å². The lowest BCUT2D eigenvalue weighted by Crippen LogP contribution is -2.56. The fourth-order valence-corrected chi connectivity index (χ4v) is 3.24. The van der Waals surface area contributed by atoms with Crippen LogP contribution < -0.4 is 5.32 Å². The second-order valence-electron chi connectivity index (χ2n) is 6.85. The van der Waals surface area contributed by atoms with Gasteiger partial charge in [0.1, 0.15) is 5.54 Å². The molecule has 1 saturated heterocycles. The van der Waals surface area contributed by atoms with Gasteiger partial charge in [-0.05, 0) is 44.9 Å². The molecule has 4 unspecified atom stereocenters. The van der Waals surface area contributed by atoms with Crippen LogP contribution in [-0.4, -0.2) is 35.6 Å². The maximum Gasteiger partial charge on any atom is 0.116 e. The van der Waals surface area contributed by atoms with Gasteiger partial charge < -0.3 is 0 Å². The third kappa shape index (κ3) is 3.24. The lowest BCUT2D eigenvalue weighted by molar-refractivity contribution is 0.0627. The van der Waals surface area contributed by atoms with Crippen molar-refractivity contribution >= 4 is 0 Å². The summed E-state index contributed by atoms with van der Waals surface area (Å²) in [6.07, 6.45) is 3.79. The first-order valence-electron chi connectivity index (χ1n) is 7.36. The molecule has 2 rings (SSSR count). The zero-order chi connectivity index (χ0) is 13.3. The molecule has 1 aliphatic heterocycles. The molecule has 0 amide bonds. The van der Waals surface area contributed by atoms with Crippen LogP contribution in [0.2, 0.25) is 0 Å². The summed E-state index contributed by atoms with van der Waals surface area (Å²) in [6.45, 7) is 11.0. The highest BCUT2D eigenvalue weighted by molar-refractivity contribution is 5.09. The van der Waals surface area contributed by atoms with E-state index in [4.69, 9.17) is 0 Å². The normalized spacial score (nSPS) is 36.9. The molecule has 0 bridgehead atoms. The van der Waals surface area contributed by atoms with Gasteiger partial charge in [-0.2, -0.15) is 5.26 Å². The molecule has 2 aliphatic rings. The van der Waals surface area contributed by atoms with E-state index < -0.39 is 0 Å². The zero-order valence-corrected chi connectivity index (χ0v) is 12.2. The van der Waals surface area contributed by atoms with Gasteiger partial charge in [0.05, 0.1) is 6.07 Å². The van der Waals surface area contributed by atoms with E-state index in [2.05, 4.69) is 44.0 Å². The van der Waals surface area contributed by atoms with Crippen LogP contribution in [0.1, 0.15) is 47.0 Å². The van der Waals surface area contributed by atoms with Gasteiger partial charge in [0.25, 0.3) is 0 Å². The van der Waals surface area contributed by atoms with Gasteiger partial charge in [-0.25, -0.2) is 0 Å². The van der Waals surface area contributed by atoms with Gasteiger partial charge in [-0.1, -0.05) is 13.8 Å². The van der Waals surface area contributed by atoms with Crippen LogP contribution in [0.15, 0.2) is 0 Å². The van der Waals surface area contributed by atoms with E-state index in [1.54, 1.807) is 0 Å². The molecule has 3 nitrogen and oxygen atoms in total. The molecule has 3 heteroatoms. The molecule has 102 valence electrons. The number of likely N-dealkylation sites (tertiary alicyclic amines) is 1.